The van der Waals surface area contributed by atoms with Crippen LogP contribution in [0.2, 0.25) is 0 Å². The third kappa shape index (κ3) is 1.98. The van der Waals surface area contributed by atoms with Gasteiger partial charge in [0, 0.05) is 6.42 Å². The van der Waals surface area contributed by atoms with Crippen LogP contribution in [-0.4, -0.2) is 0 Å². The molecule has 85 valence electrons. The number of benzene rings is 1. The summed E-state index contributed by atoms with van der Waals surface area (Å²) in [7, 11) is 0.851. The molecule has 1 atom stereocenters. The van der Waals surface area contributed by atoms with Crippen LogP contribution in [0.15, 0.2) is 36.1 Å². The summed E-state index contributed by atoms with van der Waals surface area (Å²) >= 11 is 0. The largest absolute Gasteiger partial charge is 0.132 e. The standard InChI is InChI=1S/C16H16P/c1-2-5-12-8-9-17-16(12)15-10-13-6-3-4-7-14(13)11-15/h3-4,6-11,17H,2,5H2,1H3. The molecule has 0 nitrogen and oxygen atoms in total. The van der Waals surface area contributed by atoms with Crippen molar-refractivity contribution < 1.29 is 0 Å². The molecule has 0 amide bonds. The highest BCUT2D eigenvalue weighted by atomic mass is 31.0. The van der Waals surface area contributed by atoms with Crippen molar-refractivity contribution in [1.29, 1.82) is 0 Å². The Labute approximate surface area is 104 Å². The molecule has 3 rings (SSSR count). The Morgan fingerprint density at radius 2 is 1.88 bits per heavy atom. The van der Waals surface area contributed by atoms with Crippen LogP contribution in [0, 0.1) is 6.42 Å². The Morgan fingerprint density at radius 3 is 2.65 bits per heavy atom. The number of aryl methyl sites for hydroxylation is 1. The first-order valence-electron chi connectivity index (χ1n) is 6.20. The van der Waals surface area contributed by atoms with E-state index in [9.17, 15) is 0 Å². The molecule has 0 saturated carbocycles. The van der Waals surface area contributed by atoms with E-state index in [4.69, 9.17) is 0 Å². The van der Waals surface area contributed by atoms with Gasteiger partial charge in [-0.15, -0.1) is 8.19 Å². The highest BCUT2D eigenvalue weighted by Crippen LogP contribution is 2.39. The molecule has 1 heterocycles. The van der Waals surface area contributed by atoms with E-state index in [2.05, 4.69) is 55.6 Å². The van der Waals surface area contributed by atoms with E-state index in [1.165, 1.54) is 29.5 Å². The first kappa shape index (κ1) is 10.9. The SMILES string of the molecule is CCCc1cc[pH]c1C1=Cc2ccccc2[CH]1. The van der Waals surface area contributed by atoms with Crippen LogP contribution >= 0.6 is 8.19 Å². The Bertz CT molecular complexity index is 560. The average molecular weight is 239 g/mol. The van der Waals surface area contributed by atoms with Gasteiger partial charge in [0.1, 0.15) is 0 Å². The van der Waals surface area contributed by atoms with E-state index in [1.54, 1.807) is 10.9 Å². The van der Waals surface area contributed by atoms with E-state index in [0.717, 1.165) is 8.19 Å². The molecular formula is C16H16P. The number of allylic oxidation sites excluding steroid dienone is 1. The first-order valence-corrected chi connectivity index (χ1v) is 7.28. The van der Waals surface area contributed by atoms with Gasteiger partial charge in [-0.3, -0.25) is 0 Å². The third-order valence-electron chi connectivity index (χ3n) is 3.26. The van der Waals surface area contributed by atoms with Crippen molar-refractivity contribution in [2.75, 3.05) is 0 Å². The van der Waals surface area contributed by atoms with Gasteiger partial charge < -0.3 is 0 Å². The molecular weight excluding hydrogens is 223 g/mol. The molecule has 0 aliphatic heterocycles. The highest BCUT2D eigenvalue weighted by Gasteiger charge is 2.16. The van der Waals surface area contributed by atoms with E-state index in [-0.39, 0.29) is 0 Å². The monoisotopic (exact) mass is 239 g/mol. The second-order valence-electron chi connectivity index (χ2n) is 4.50. The average Bonchev–Trinajstić information content (AvgIpc) is 2.94. The second kappa shape index (κ2) is 4.55. The summed E-state index contributed by atoms with van der Waals surface area (Å²) in [5, 5.41) is 1.56. The molecule has 2 aromatic rings. The summed E-state index contributed by atoms with van der Waals surface area (Å²) in [4.78, 5) is 0. The predicted octanol–water partition coefficient (Wildman–Crippen LogP) is 4.78. The van der Waals surface area contributed by atoms with Gasteiger partial charge in [0.15, 0.2) is 0 Å². The minimum atomic E-state index is 0.851. The fourth-order valence-electron chi connectivity index (χ4n) is 2.44. The lowest BCUT2D eigenvalue weighted by atomic mass is 10.0. The van der Waals surface area contributed by atoms with Crippen molar-refractivity contribution in [2.45, 2.75) is 19.8 Å². The van der Waals surface area contributed by atoms with Gasteiger partial charge in [-0.25, -0.2) is 0 Å². The van der Waals surface area contributed by atoms with Crippen LogP contribution in [-0.2, 0) is 6.42 Å². The van der Waals surface area contributed by atoms with Crippen LogP contribution in [0.1, 0.15) is 35.3 Å². The molecule has 1 radical (unpaired) electrons. The maximum absolute atomic E-state index is 2.33. The molecule has 0 saturated heterocycles. The summed E-state index contributed by atoms with van der Waals surface area (Å²) in [6.45, 7) is 2.25. The lowest BCUT2D eigenvalue weighted by Gasteiger charge is -2.03. The Morgan fingerprint density at radius 1 is 1.06 bits per heavy atom. The van der Waals surface area contributed by atoms with Crippen LogP contribution in [0.4, 0.5) is 0 Å². The molecule has 1 heteroatoms. The molecule has 0 bridgehead atoms. The summed E-state index contributed by atoms with van der Waals surface area (Å²) in [6.07, 6.45) is 7.11. The molecule has 1 aliphatic rings. The summed E-state index contributed by atoms with van der Waals surface area (Å²) < 4.78 is 0. The lowest BCUT2D eigenvalue weighted by molar-refractivity contribution is 0.924. The minimum absolute atomic E-state index is 0.851. The fraction of sp³-hybridized carbons (Fsp3) is 0.188. The quantitative estimate of drug-likeness (QED) is 0.723. The fourth-order valence-corrected chi connectivity index (χ4v) is 3.60. The third-order valence-corrected chi connectivity index (χ3v) is 4.49. The number of hydrogen-bond acceptors (Lipinski definition) is 0. The first-order chi connectivity index (χ1) is 8.38. The Balaban J connectivity index is 1.95. The summed E-state index contributed by atoms with van der Waals surface area (Å²) in [5.74, 6) is 2.32. The Kier molecular flexibility index (Phi) is 2.91. The van der Waals surface area contributed by atoms with Gasteiger partial charge in [0.2, 0.25) is 0 Å². The number of hydrogen-bond donors (Lipinski definition) is 0. The van der Waals surface area contributed by atoms with Crippen molar-refractivity contribution in [1.82, 2.24) is 0 Å². The number of rotatable bonds is 3. The van der Waals surface area contributed by atoms with Gasteiger partial charge in [0.05, 0.1) is 0 Å². The van der Waals surface area contributed by atoms with E-state index >= 15 is 0 Å². The molecule has 1 unspecified atom stereocenters. The van der Waals surface area contributed by atoms with E-state index < -0.39 is 0 Å². The van der Waals surface area contributed by atoms with Crippen molar-refractivity contribution in [3.8, 4) is 0 Å². The maximum Gasteiger partial charge on any atom is 0.0215 e. The Hall–Kier alpha value is -1.26. The van der Waals surface area contributed by atoms with Crippen LogP contribution in [0.3, 0.4) is 0 Å². The highest BCUT2D eigenvalue weighted by molar-refractivity contribution is 7.31. The predicted molar refractivity (Wildman–Crippen MR) is 77.7 cm³/mol. The molecule has 1 aromatic heterocycles. The number of fused-ring (bicyclic) bond motifs is 1. The molecule has 0 N–H and O–H groups in total. The van der Waals surface area contributed by atoms with Crippen molar-refractivity contribution in [3.63, 3.8) is 0 Å². The zero-order valence-corrected chi connectivity index (χ0v) is 11.0. The van der Waals surface area contributed by atoms with E-state index in [1.807, 2.05) is 0 Å². The molecule has 17 heavy (non-hydrogen) atoms. The zero-order chi connectivity index (χ0) is 11.7. The zero-order valence-electron chi connectivity index (χ0n) is 10.0. The topological polar surface area (TPSA) is 0 Å². The molecule has 1 aliphatic carbocycles. The van der Waals surface area contributed by atoms with Gasteiger partial charge in [-0.05, 0) is 45.9 Å². The smallest absolute Gasteiger partial charge is 0.0215 e. The minimum Gasteiger partial charge on any atom is -0.132 e. The summed E-state index contributed by atoms with van der Waals surface area (Å²) in [6, 6.07) is 10.9. The van der Waals surface area contributed by atoms with Crippen molar-refractivity contribution in [2.24, 2.45) is 0 Å². The van der Waals surface area contributed by atoms with Crippen molar-refractivity contribution >= 4 is 19.8 Å². The second-order valence-corrected chi connectivity index (χ2v) is 5.62. The van der Waals surface area contributed by atoms with Crippen LogP contribution < -0.4 is 0 Å². The summed E-state index contributed by atoms with van der Waals surface area (Å²) in [5.41, 5.74) is 5.70. The normalized spacial score (nSPS) is 14.1. The lowest BCUT2D eigenvalue weighted by Crippen LogP contribution is -1.86. The van der Waals surface area contributed by atoms with Gasteiger partial charge in [-0.1, -0.05) is 43.7 Å². The van der Waals surface area contributed by atoms with Crippen molar-refractivity contribution in [3.05, 3.63) is 64.5 Å². The van der Waals surface area contributed by atoms with Gasteiger partial charge in [0.25, 0.3) is 0 Å². The van der Waals surface area contributed by atoms with E-state index in [0.29, 0.717) is 0 Å². The van der Waals surface area contributed by atoms with Crippen LogP contribution in [0.25, 0.3) is 11.6 Å². The molecule has 1 aromatic carbocycles. The van der Waals surface area contributed by atoms with Gasteiger partial charge in [-0.2, -0.15) is 0 Å². The molecule has 0 spiro atoms. The van der Waals surface area contributed by atoms with Gasteiger partial charge >= 0.3 is 0 Å². The molecule has 0 fully saturated rings. The van der Waals surface area contributed by atoms with Crippen LogP contribution in [0.5, 0.6) is 0 Å². The maximum atomic E-state index is 2.33.